The van der Waals surface area contributed by atoms with Gasteiger partial charge in [0.2, 0.25) is 0 Å². The van der Waals surface area contributed by atoms with Gasteiger partial charge in [-0.3, -0.25) is 4.79 Å². The highest BCUT2D eigenvalue weighted by atomic mass is 79.9. The molecule has 1 aromatic rings. The van der Waals surface area contributed by atoms with Gasteiger partial charge in [0, 0.05) is 18.6 Å². The van der Waals surface area contributed by atoms with Gasteiger partial charge in [-0.1, -0.05) is 15.9 Å². The van der Waals surface area contributed by atoms with Crippen LogP contribution in [0.5, 0.6) is 11.5 Å². The molecular weight excluding hydrogens is 348 g/mol. The highest BCUT2D eigenvalue weighted by molar-refractivity contribution is 9.10. The zero-order valence-electron chi connectivity index (χ0n) is 13.1. The first-order valence-corrected chi connectivity index (χ1v) is 7.66. The van der Waals surface area contributed by atoms with Gasteiger partial charge in [-0.15, -0.1) is 0 Å². The Bertz CT molecular complexity index is 619. The summed E-state index contributed by atoms with van der Waals surface area (Å²) in [6.07, 6.45) is 1.53. The van der Waals surface area contributed by atoms with E-state index in [1.165, 1.54) is 11.0 Å². The molecule has 0 saturated carbocycles. The monoisotopic (exact) mass is 366 g/mol. The molecular formula is C16H19BrN2O3. The molecule has 0 N–H and O–H groups in total. The summed E-state index contributed by atoms with van der Waals surface area (Å²) < 4.78 is 11.8. The molecule has 5 nitrogen and oxygen atoms in total. The Kier molecular flexibility index (Phi) is 6.93. The SMILES string of the molecule is CCOc1cc(Br)c(/C=C(/C#N)C(=O)N(C)C)cc1OCC. The Labute approximate surface area is 139 Å². The van der Waals surface area contributed by atoms with Gasteiger partial charge >= 0.3 is 0 Å². The molecule has 0 bridgehead atoms. The van der Waals surface area contributed by atoms with Crippen molar-refractivity contribution in [2.24, 2.45) is 0 Å². The van der Waals surface area contributed by atoms with Gasteiger partial charge in [0.1, 0.15) is 11.6 Å². The van der Waals surface area contributed by atoms with Crippen LogP contribution in [-0.4, -0.2) is 38.1 Å². The Morgan fingerprint density at radius 3 is 2.27 bits per heavy atom. The second-order valence-electron chi connectivity index (χ2n) is 4.56. The molecule has 0 aliphatic heterocycles. The maximum absolute atomic E-state index is 11.9. The van der Waals surface area contributed by atoms with Crippen LogP contribution in [0.2, 0.25) is 0 Å². The number of amides is 1. The van der Waals surface area contributed by atoms with E-state index in [2.05, 4.69) is 15.9 Å². The van der Waals surface area contributed by atoms with E-state index in [1.54, 1.807) is 26.2 Å². The third kappa shape index (κ3) is 4.50. The molecule has 118 valence electrons. The number of rotatable bonds is 6. The average molecular weight is 367 g/mol. The predicted molar refractivity (Wildman–Crippen MR) is 88.8 cm³/mol. The highest BCUT2D eigenvalue weighted by Crippen LogP contribution is 2.35. The number of benzene rings is 1. The number of hydrogen-bond acceptors (Lipinski definition) is 4. The summed E-state index contributed by atoms with van der Waals surface area (Å²) in [6, 6.07) is 5.45. The van der Waals surface area contributed by atoms with Crippen LogP contribution in [-0.2, 0) is 4.79 Å². The Hall–Kier alpha value is -2.00. The van der Waals surface area contributed by atoms with Gasteiger partial charge in [0.05, 0.1) is 13.2 Å². The van der Waals surface area contributed by atoms with Gasteiger partial charge in [0.25, 0.3) is 5.91 Å². The van der Waals surface area contributed by atoms with Crippen LogP contribution in [0, 0.1) is 11.3 Å². The van der Waals surface area contributed by atoms with Crippen molar-refractivity contribution in [3.63, 3.8) is 0 Å². The molecule has 0 unspecified atom stereocenters. The number of halogens is 1. The fourth-order valence-electron chi connectivity index (χ4n) is 1.74. The molecule has 22 heavy (non-hydrogen) atoms. The van der Waals surface area contributed by atoms with Gasteiger partial charge in [-0.2, -0.15) is 5.26 Å². The first-order chi connectivity index (χ1) is 10.4. The predicted octanol–water partition coefficient (Wildman–Crippen LogP) is 3.24. The summed E-state index contributed by atoms with van der Waals surface area (Å²) in [4.78, 5) is 13.3. The van der Waals surface area contributed by atoms with Crippen molar-refractivity contribution in [3.05, 3.63) is 27.7 Å². The van der Waals surface area contributed by atoms with Crippen LogP contribution in [0.15, 0.2) is 22.2 Å². The van der Waals surface area contributed by atoms with Crippen molar-refractivity contribution in [3.8, 4) is 17.6 Å². The molecule has 6 heteroatoms. The van der Waals surface area contributed by atoms with E-state index in [4.69, 9.17) is 9.47 Å². The van der Waals surface area contributed by atoms with E-state index >= 15 is 0 Å². The van der Waals surface area contributed by atoms with Crippen molar-refractivity contribution in [1.29, 1.82) is 5.26 Å². The summed E-state index contributed by atoms with van der Waals surface area (Å²) in [5, 5.41) is 9.17. The van der Waals surface area contributed by atoms with Gasteiger partial charge in [-0.05, 0) is 37.6 Å². The van der Waals surface area contributed by atoms with Crippen molar-refractivity contribution >= 4 is 27.9 Å². The molecule has 0 aromatic heterocycles. The van der Waals surface area contributed by atoms with E-state index in [1.807, 2.05) is 19.9 Å². The third-order valence-electron chi connectivity index (χ3n) is 2.72. The minimum Gasteiger partial charge on any atom is -0.490 e. The number of nitrogens with zero attached hydrogens (tertiary/aromatic N) is 2. The average Bonchev–Trinajstić information content (AvgIpc) is 2.48. The fraction of sp³-hybridized carbons (Fsp3) is 0.375. The Morgan fingerprint density at radius 1 is 1.27 bits per heavy atom. The first-order valence-electron chi connectivity index (χ1n) is 6.87. The van der Waals surface area contributed by atoms with E-state index in [-0.39, 0.29) is 11.5 Å². The Balaban J connectivity index is 3.32. The van der Waals surface area contributed by atoms with Gasteiger partial charge in [0.15, 0.2) is 11.5 Å². The lowest BCUT2D eigenvalue weighted by Crippen LogP contribution is -2.22. The summed E-state index contributed by atoms with van der Waals surface area (Å²) in [5.41, 5.74) is 0.732. The number of carbonyl (C=O) groups is 1. The summed E-state index contributed by atoms with van der Waals surface area (Å²) in [7, 11) is 3.21. The minimum atomic E-state index is -0.346. The summed E-state index contributed by atoms with van der Waals surface area (Å²) >= 11 is 3.43. The molecule has 0 heterocycles. The lowest BCUT2D eigenvalue weighted by Gasteiger charge is -2.13. The Morgan fingerprint density at radius 2 is 1.82 bits per heavy atom. The maximum atomic E-state index is 11.9. The normalized spacial score (nSPS) is 10.8. The zero-order chi connectivity index (χ0) is 16.7. The van der Waals surface area contributed by atoms with Gasteiger partial charge < -0.3 is 14.4 Å². The molecule has 0 spiro atoms. The van der Waals surface area contributed by atoms with E-state index in [0.29, 0.717) is 30.3 Å². The van der Waals surface area contributed by atoms with Crippen molar-refractivity contribution in [2.75, 3.05) is 27.3 Å². The summed E-state index contributed by atoms with van der Waals surface area (Å²) in [6.45, 7) is 4.78. The molecule has 0 atom stereocenters. The zero-order valence-corrected chi connectivity index (χ0v) is 14.7. The van der Waals surface area contributed by atoms with Crippen LogP contribution in [0.4, 0.5) is 0 Å². The molecule has 0 aliphatic carbocycles. The summed E-state index contributed by atoms with van der Waals surface area (Å²) in [5.74, 6) is 0.848. The minimum absolute atomic E-state index is 0.0531. The molecule has 1 aromatic carbocycles. The number of likely N-dealkylation sites (N-methyl/N-ethyl adjacent to an activating group) is 1. The quantitative estimate of drug-likeness (QED) is 0.572. The molecule has 1 rings (SSSR count). The smallest absolute Gasteiger partial charge is 0.264 e. The van der Waals surface area contributed by atoms with E-state index in [9.17, 15) is 10.1 Å². The number of ether oxygens (including phenoxy) is 2. The van der Waals surface area contributed by atoms with Crippen molar-refractivity contribution in [2.45, 2.75) is 13.8 Å². The third-order valence-corrected chi connectivity index (χ3v) is 3.41. The van der Waals surface area contributed by atoms with Crippen molar-refractivity contribution < 1.29 is 14.3 Å². The molecule has 0 radical (unpaired) electrons. The standard InChI is InChI=1S/C16H19BrN2O3/c1-5-21-14-8-11(13(17)9-15(14)22-6-2)7-12(10-18)16(20)19(3)4/h7-9H,5-6H2,1-4H3/b12-7-. The maximum Gasteiger partial charge on any atom is 0.264 e. The largest absolute Gasteiger partial charge is 0.490 e. The van der Waals surface area contributed by atoms with Crippen LogP contribution in [0.25, 0.3) is 6.08 Å². The lowest BCUT2D eigenvalue weighted by atomic mass is 10.1. The molecule has 0 saturated heterocycles. The second-order valence-corrected chi connectivity index (χ2v) is 5.41. The van der Waals surface area contributed by atoms with E-state index < -0.39 is 0 Å². The highest BCUT2D eigenvalue weighted by Gasteiger charge is 2.14. The van der Waals surface area contributed by atoms with Crippen LogP contribution in [0.1, 0.15) is 19.4 Å². The van der Waals surface area contributed by atoms with Crippen molar-refractivity contribution in [1.82, 2.24) is 4.90 Å². The second kappa shape index (κ2) is 8.44. The van der Waals surface area contributed by atoms with Gasteiger partial charge in [-0.25, -0.2) is 0 Å². The number of carbonyl (C=O) groups excluding carboxylic acids is 1. The molecule has 0 fully saturated rings. The molecule has 1 amide bonds. The van der Waals surface area contributed by atoms with Crippen LogP contribution < -0.4 is 9.47 Å². The number of hydrogen-bond donors (Lipinski definition) is 0. The van der Waals surface area contributed by atoms with E-state index in [0.717, 1.165) is 4.47 Å². The van der Waals surface area contributed by atoms with Crippen LogP contribution in [0.3, 0.4) is 0 Å². The topological polar surface area (TPSA) is 62.6 Å². The fourth-order valence-corrected chi connectivity index (χ4v) is 2.17. The van der Waals surface area contributed by atoms with Crippen LogP contribution >= 0.6 is 15.9 Å². The number of nitriles is 1. The molecule has 0 aliphatic rings. The lowest BCUT2D eigenvalue weighted by molar-refractivity contribution is -0.124. The first kappa shape index (κ1) is 18.1.